The number of likely N-dealkylation sites (tertiary alicyclic amines) is 1. The molecule has 2 unspecified atom stereocenters. The van der Waals surface area contributed by atoms with Crippen molar-refractivity contribution in [3.05, 3.63) is 34.6 Å². The maximum atomic E-state index is 13.0. The molecule has 0 amide bonds. The lowest BCUT2D eigenvalue weighted by molar-refractivity contribution is -0.143. The van der Waals surface area contributed by atoms with Crippen LogP contribution >= 0.6 is 11.6 Å². The van der Waals surface area contributed by atoms with Gasteiger partial charge in [-0.1, -0.05) is 17.7 Å². The summed E-state index contributed by atoms with van der Waals surface area (Å²) in [5, 5.41) is 9.49. The minimum absolute atomic E-state index is 0.00440. The monoisotopic (exact) mass is 285 g/mol. The number of carboxylic acid groups (broad SMARTS) is 1. The minimum Gasteiger partial charge on any atom is -0.481 e. The van der Waals surface area contributed by atoms with Crippen LogP contribution in [0.2, 0.25) is 5.02 Å². The summed E-state index contributed by atoms with van der Waals surface area (Å²) in [7, 11) is 0. The van der Waals surface area contributed by atoms with Crippen molar-refractivity contribution in [3.63, 3.8) is 0 Å². The van der Waals surface area contributed by atoms with E-state index < -0.39 is 5.97 Å². The molecule has 5 heteroatoms. The van der Waals surface area contributed by atoms with E-state index in [1.807, 2.05) is 6.92 Å². The van der Waals surface area contributed by atoms with Gasteiger partial charge in [0.1, 0.15) is 5.82 Å². The Morgan fingerprint density at radius 3 is 2.95 bits per heavy atom. The van der Waals surface area contributed by atoms with E-state index in [0.29, 0.717) is 11.6 Å². The van der Waals surface area contributed by atoms with Crippen molar-refractivity contribution >= 4 is 17.6 Å². The Balaban J connectivity index is 2.14. The first-order valence-corrected chi connectivity index (χ1v) is 6.78. The highest BCUT2D eigenvalue weighted by Gasteiger charge is 2.29. The predicted octanol–water partition coefficient (Wildman–Crippen LogP) is 3.34. The zero-order valence-electron chi connectivity index (χ0n) is 10.8. The first-order valence-electron chi connectivity index (χ1n) is 6.41. The van der Waals surface area contributed by atoms with Crippen molar-refractivity contribution < 1.29 is 14.3 Å². The minimum atomic E-state index is -0.748. The molecule has 2 atom stereocenters. The molecule has 104 valence electrons. The molecule has 1 aliphatic rings. The summed E-state index contributed by atoms with van der Waals surface area (Å²) in [6.07, 6.45) is 1.58. The highest BCUT2D eigenvalue weighted by Crippen LogP contribution is 2.31. The Bertz CT molecular complexity index is 481. The first-order chi connectivity index (χ1) is 8.99. The van der Waals surface area contributed by atoms with Crippen LogP contribution in [0.25, 0.3) is 0 Å². The highest BCUT2D eigenvalue weighted by atomic mass is 35.5. The van der Waals surface area contributed by atoms with E-state index in [1.54, 1.807) is 6.07 Å². The molecule has 2 rings (SSSR count). The van der Waals surface area contributed by atoms with Gasteiger partial charge in [0.25, 0.3) is 0 Å². The van der Waals surface area contributed by atoms with Crippen molar-refractivity contribution in [2.75, 3.05) is 13.1 Å². The molecule has 1 N–H and O–H groups in total. The van der Waals surface area contributed by atoms with E-state index in [0.717, 1.165) is 24.9 Å². The molecule has 3 nitrogen and oxygen atoms in total. The number of carboxylic acids is 1. The van der Waals surface area contributed by atoms with Gasteiger partial charge in [0.15, 0.2) is 0 Å². The van der Waals surface area contributed by atoms with Gasteiger partial charge in [-0.15, -0.1) is 0 Å². The molecule has 19 heavy (non-hydrogen) atoms. The van der Waals surface area contributed by atoms with Gasteiger partial charge < -0.3 is 5.11 Å². The van der Waals surface area contributed by atoms with Crippen LogP contribution in [0.15, 0.2) is 18.2 Å². The van der Waals surface area contributed by atoms with E-state index >= 15 is 0 Å². The third-order valence-electron chi connectivity index (χ3n) is 3.76. The average Bonchev–Trinajstić information content (AvgIpc) is 2.38. The molecule has 0 saturated carbocycles. The summed E-state index contributed by atoms with van der Waals surface area (Å²) < 4.78 is 13.0. The van der Waals surface area contributed by atoms with Crippen molar-refractivity contribution in [1.29, 1.82) is 0 Å². The summed E-state index contributed by atoms with van der Waals surface area (Å²) in [6.45, 7) is 3.34. The zero-order valence-corrected chi connectivity index (χ0v) is 11.5. The largest absolute Gasteiger partial charge is 0.481 e. The van der Waals surface area contributed by atoms with Gasteiger partial charge in [-0.2, -0.15) is 0 Å². The molecule has 0 bridgehead atoms. The Kier molecular flexibility index (Phi) is 4.42. The number of benzene rings is 1. The molecular formula is C14H17ClFNO2. The lowest BCUT2D eigenvalue weighted by Gasteiger charge is -2.35. The summed E-state index contributed by atoms with van der Waals surface area (Å²) in [5.41, 5.74) is 0.842. The van der Waals surface area contributed by atoms with Gasteiger partial charge in [-0.05, 0) is 44.0 Å². The molecule has 1 fully saturated rings. The van der Waals surface area contributed by atoms with Gasteiger partial charge in [-0.25, -0.2) is 4.39 Å². The molecule has 0 aromatic heterocycles. The van der Waals surface area contributed by atoms with Crippen LogP contribution < -0.4 is 0 Å². The number of aliphatic carboxylic acids is 1. The van der Waals surface area contributed by atoms with Gasteiger partial charge in [0.05, 0.1) is 5.92 Å². The standard InChI is InChI=1S/C14H17ClFNO2/c1-9(12-5-4-11(16)7-13(12)15)17-6-2-3-10(8-17)14(18)19/h4-5,7,9-10H,2-3,6,8H2,1H3,(H,18,19). The van der Waals surface area contributed by atoms with Gasteiger partial charge in [-0.3, -0.25) is 9.69 Å². The number of hydrogen-bond donors (Lipinski definition) is 1. The van der Waals surface area contributed by atoms with E-state index in [9.17, 15) is 9.18 Å². The summed E-state index contributed by atoms with van der Waals surface area (Å²) >= 11 is 6.06. The van der Waals surface area contributed by atoms with E-state index in [-0.39, 0.29) is 17.8 Å². The lowest BCUT2D eigenvalue weighted by atomic mass is 9.95. The Morgan fingerprint density at radius 2 is 2.32 bits per heavy atom. The van der Waals surface area contributed by atoms with Gasteiger partial charge >= 0.3 is 5.97 Å². The van der Waals surface area contributed by atoms with E-state index in [4.69, 9.17) is 16.7 Å². The predicted molar refractivity (Wildman–Crippen MR) is 71.8 cm³/mol. The van der Waals surface area contributed by atoms with Crippen molar-refractivity contribution in [1.82, 2.24) is 4.90 Å². The van der Waals surface area contributed by atoms with Crippen LogP contribution in [-0.4, -0.2) is 29.1 Å². The molecule has 1 aromatic rings. The molecule has 0 spiro atoms. The lowest BCUT2D eigenvalue weighted by Crippen LogP contribution is -2.40. The maximum absolute atomic E-state index is 13.0. The number of nitrogens with zero attached hydrogens (tertiary/aromatic N) is 1. The number of carbonyl (C=O) groups is 1. The molecule has 1 aromatic carbocycles. The van der Waals surface area contributed by atoms with E-state index in [2.05, 4.69) is 4.90 Å². The van der Waals surface area contributed by atoms with Crippen LogP contribution in [0.3, 0.4) is 0 Å². The van der Waals surface area contributed by atoms with Crippen LogP contribution in [-0.2, 0) is 4.79 Å². The van der Waals surface area contributed by atoms with Crippen LogP contribution in [0.1, 0.15) is 31.4 Å². The molecule has 1 aliphatic heterocycles. The second-order valence-corrected chi connectivity index (χ2v) is 5.42. The normalized spacial score (nSPS) is 22.2. The van der Waals surface area contributed by atoms with Crippen molar-refractivity contribution in [2.45, 2.75) is 25.8 Å². The first kappa shape index (κ1) is 14.3. The zero-order chi connectivity index (χ0) is 14.0. The fraction of sp³-hybridized carbons (Fsp3) is 0.500. The highest BCUT2D eigenvalue weighted by molar-refractivity contribution is 6.31. The fourth-order valence-corrected chi connectivity index (χ4v) is 2.92. The van der Waals surface area contributed by atoms with Gasteiger partial charge in [0.2, 0.25) is 0 Å². The fourth-order valence-electron chi connectivity index (χ4n) is 2.60. The number of hydrogen-bond acceptors (Lipinski definition) is 2. The van der Waals surface area contributed by atoms with E-state index in [1.165, 1.54) is 12.1 Å². The molecule has 1 saturated heterocycles. The molecule has 1 heterocycles. The SMILES string of the molecule is CC(c1ccc(F)cc1Cl)N1CCCC(C(=O)O)C1. The topological polar surface area (TPSA) is 40.5 Å². The Morgan fingerprint density at radius 1 is 1.58 bits per heavy atom. The van der Waals surface area contributed by atoms with Crippen molar-refractivity contribution in [2.24, 2.45) is 5.92 Å². The quantitative estimate of drug-likeness (QED) is 0.926. The Hall–Kier alpha value is -1.13. The third-order valence-corrected chi connectivity index (χ3v) is 4.09. The van der Waals surface area contributed by atoms with Crippen molar-refractivity contribution in [3.8, 4) is 0 Å². The molecule has 0 aliphatic carbocycles. The molecular weight excluding hydrogens is 269 g/mol. The summed E-state index contributed by atoms with van der Waals surface area (Å²) in [4.78, 5) is 13.2. The average molecular weight is 286 g/mol. The smallest absolute Gasteiger partial charge is 0.307 e. The van der Waals surface area contributed by atoms with Gasteiger partial charge in [0, 0.05) is 17.6 Å². The second-order valence-electron chi connectivity index (χ2n) is 5.01. The van der Waals surface area contributed by atoms with Crippen LogP contribution in [0.4, 0.5) is 4.39 Å². The second kappa shape index (κ2) is 5.88. The third kappa shape index (κ3) is 3.25. The maximum Gasteiger partial charge on any atom is 0.307 e. The number of rotatable bonds is 3. The number of piperidine rings is 1. The Labute approximate surface area is 117 Å². The van der Waals surface area contributed by atoms with Crippen LogP contribution in [0, 0.1) is 11.7 Å². The van der Waals surface area contributed by atoms with Crippen LogP contribution in [0.5, 0.6) is 0 Å². The number of halogens is 2. The molecule has 0 radical (unpaired) electrons. The summed E-state index contributed by atoms with van der Waals surface area (Å²) in [6, 6.07) is 4.35. The summed E-state index contributed by atoms with van der Waals surface area (Å²) in [5.74, 6) is -1.43.